The van der Waals surface area contributed by atoms with Crippen LogP contribution in [0.4, 0.5) is 8.78 Å². The van der Waals surface area contributed by atoms with Gasteiger partial charge >= 0.3 is 5.97 Å². The predicted molar refractivity (Wildman–Crippen MR) is 104 cm³/mol. The van der Waals surface area contributed by atoms with Crippen LogP contribution in [0.2, 0.25) is 0 Å². The van der Waals surface area contributed by atoms with Crippen LogP contribution in [0.25, 0.3) is 11.0 Å². The van der Waals surface area contributed by atoms with Crippen molar-refractivity contribution >= 4 is 32.9 Å². The minimum Gasteiger partial charge on any atom is -0.465 e. The van der Waals surface area contributed by atoms with Gasteiger partial charge in [-0.25, -0.2) is 18.6 Å². The number of carbonyl (C=O) groups is 1. The minimum atomic E-state index is -0.537. The third-order valence-electron chi connectivity index (χ3n) is 4.23. The molecule has 28 heavy (non-hydrogen) atoms. The SMILES string of the molecule is C1CCOC1.COC(=O)c1ccc2nc(Cc3cc(F)c(Br)cc3F)[nH]c2c1. The summed E-state index contributed by atoms with van der Waals surface area (Å²) in [5.41, 5.74) is 1.83. The van der Waals surface area contributed by atoms with E-state index in [0.29, 0.717) is 22.4 Å². The number of esters is 1. The van der Waals surface area contributed by atoms with Gasteiger partial charge in [-0.15, -0.1) is 0 Å². The molecule has 5 nitrogen and oxygen atoms in total. The average molecular weight is 453 g/mol. The zero-order chi connectivity index (χ0) is 20.1. The Morgan fingerprint density at radius 3 is 2.61 bits per heavy atom. The van der Waals surface area contributed by atoms with Crippen LogP contribution in [0.3, 0.4) is 0 Å². The van der Waals surface area contributed by atoms with Crippen molar-refractivity contribution in [3.63, 3.8) is 0 Å². The van der Waals surface area contributed by atoms with Crippen molar-refractivity contribution < 1.29 is 23.0 Å². The van der Waals surface area contributed by atoms with Crippen molar-refractivity contribution in [3.05, 3.63) is 63.4 Å². The topological polar surface area (TPSA) is 64.2 Å². The van der Waals surface area contributed by atoms with Gasteiger partial charge in [0.2, 0.25) is 0 Å². The summed E-state index contributed by atoms with van der Waals surface area (Å²) >= 11 is 2.94. The first-order valence-electron chi connectivity index (χ1n) is 8.76. The van der Waals surface area contributed by atoms with Crippen LogP contribution in [0, 0.1) is 11.6 Å². The number of rotatable bonds is 3. The first-order chi connectivity index (χ1) is 13.5. The molecule has 1 fully saturated rings. The van der Waals surface area contributed by atoms with Gasteiger partial charge in [0.25, 0.3) is 0 Å². The van der Waals surface area contributed by atoms with Crippen molar-refractivity contribution in [1.29, 1.82) is 0 Å². The van der Waals surface area contributed by atoms with E-state index in [4.69, 9.17) is 4.74 Å². The highest BCUT2D eigenvalue weighted by atomic mass is 79.9. The number of benzene rings is 2. The maximum atomic E-state index is 13.9. The van der Waals surface area contributed by atoms with Crippen molar-refractivity contribution in [2.75, 3.05) is 20.3 Å². The van der Waals surface area contributed by atoms with E-state index in [-0.39, 0.29) is 16.5 Å². The van der Waals surface area contributed by atoms with Gasteiger partial charge in [-0.1, -0.05) is 0 Å². The molecular formula is C20H19BrF2N2O3. The van der Waals surface area contributed by atoms with Gasteiger partial charge in [-0.3, -0.25) is 0 Å². The molecule has 0 amide bonds. The van der Waals surface area contributed by atoms with E-state index in [1.807, 2.05) is 0 Å². The van der Waals surface area contributed by atoms with Gasteiger partial charge in [-0.05, 0) is 64.7 Å². The quantitative estimate of drug-likeness (QED) is 0.458. The van der Waals surface area contributed by atoms with E-state index < -0.39 is 17.6 Å². The Labute approximate surface area is 169 Å². The first kappa shape index (κ1) is 20.4. The Kier molecular flexibility index (Phi) is 6.74. The lowest BCUT2D eigenvalue weighted by atomic mass is 10.1. The summed E-state index contributed by atoms with van der Waals surface area (Å²) in [6.45, 7) is 2.00. The Balaban J connectivity index is 0.000000391. The van der Waals surface area contributed by atoms with Crippen molar-refractivity contribution in [2.45, 2.75) is 19.3 Å². The predicted octanol–water partition coefficient (Wildman–Crippen LogP) is 4.78. The number of hydrogen-bond donors (Lipinski definition) is 1. The number of aromatic nitrogens is 2. The van der Waals surface area contributed by atoms with Crippen molar-refractivity contribution in [2.24, 2.45) is 0 Å². The van der Waals surface area contributed by atoms with Crippen molar-refractivity contribution in [3.8, 4) is 0 Å². The molecule has 0 spiro atoms. The lowest BCUT2D eigenvalue weighted by Crippen LogP contribution is -2.00. The molecule has 1 aliphatic rings. The molecule has 1 aromatic heterocycles. The van der Waals surface area contributed by atoms with E-state index in [1.165, 1.54) is 20.0 Å². The minimum absolute atomic E-state index is 0.0751. The van der Waals surface area contributed by atoms with Crippen molar-refractivity contribution in [1.82, 2.24) is 9.97 Å². The fraction of sp³-hybridized carbons (Fsp3) is 0.300. The highest BCUT2D eigenvalue weighted by Gasteiger charge is 2.13. The second-order valence-corrected chi connectivity index (χ2v) is 7.12. The van der Waals surface area contributed by atoms with Gasteiger partial charge in [0.15, 0.2) is 0 Å². The number of halogens is 3. The van der Waals surface area contributed by atoms with Gasteiger partial charge in [0, 0.05) is 19.6 Å². The highest BCUT2D eigenvalue weighted by Crippen LogP contribution is 2.22. The fourth-order valence-electron chi connectivity index (χ4n) is 2.78. The molecule has 4 rings (SSSR count). The molecule has 0 unspecified atom stereocenters. The summed E-state index contributed by atoms with van der Waals surface area (Å²) in [5.74, 6) is -1.04. The summed E-state index contributed by atoms with van der Waals surface area (Å²) in [5, 5.41) is 0. The van der Waals surface area contributed by atoms with E-state index in [1.54, 1.807) is 18.2 Å². The number of ether oxygens (including phenoxy) is 2. The Hall–Kier alpha value is -2.32. The molecule has 0 aliphatic carbocycles. The number of fused-ring (bicyclic) bond motifs is 1. The van der Waals surface area contributed by atoms with Crippen LogP contribution in [0.15, 0.2) is 34.8 Å². The molecule has 0 bridgehead atoms. The standard InChI is InChI=1S/C16H11BrF2N2O2.C4H8O/c1-23-16(22)8-2-3-13-14(5-8)21-15(20-13)6-9-4-12(19)10(17)7-11(9)18;1-2-4-5-3-1/h2-5,7H,6H2,1H3,(H,20,21);1-4H2. The number of aromatic amines is 1. The number of nitrogens with zero attached hydrogens (tertiary/aromatic N) is 1. The number of hydrogen-bond acceptors (Lipinski definition) is 4. The van der Waals surface area contributed by atoms with Gasteiger partial charge < -0.3 is 14.5 Å². The van der Waals surface area contributed by atoms with E-state index in [0.717, 1.165) is 25.3 Å². The summed E-state index contributed by atoms with van der Waals surface area (Å²) in [6.07, 6.45) is 2.66. The third-order valence-corrected chi connectivity index (χ3v) is 4.83. The number of methoxy groups -OCH3 is 1. The second-order valence-electron chi connectivity index (χ2n) is 6.26. The number of carbonyl (C=O) groups excluding carboxylic acids is 1. The Bertz CT molecular complexity index is 979. The Morgan fingerprint density at radius 2 is 1.96 bits per heavy atom. The molecule has 1 N–H and O–H groups in total. The van der Waals surface area contributed by atoms with E-state index in [2.05, 4.69) is 30.6 Å². The third kappa shape index (κ3) is 4.94. The monoisotopic (exact) mass is 452 g/mol. The Morgan fingerprint density at radius 1 is 1.21 bits per heavy atom. The van der Waals surface area contributed by atoms with Gasteiger partial charge in [0.1, 0.15) is 17.5 Å². The molecule has 1 saturated heterocycles. The number of H-pyrrole nitrogens is 1. The van der Waals surface area contributed by atoms with Crippen LogP contribution in [-0.2, 0) is 15.9 Å². The van der Waals surface area contributed by atoms with E-state index in [9.17, 15) is 13.6 Å². The molecule has 0 saturated carbocycles. The molecule has 1 aliphatic heterocycles. The van der Waals surface area contributed by atoms with Crippen LogP contribution in [0.5, 0.6) is 0 Å². The highest BCUT2D eigenvalue weighted by molar-refractivity contribution is 9.10. The molecule has 2 aromatic carbocycles. The molecule has 3 aromatic rings. The number of nitrogens with one attached hydrogen (secondary N) is 1. The maximum Gasteiger partial charge on any atom is 0.337 e. The summed E-state index contributed by atoms with van der Waals surface area (Å²) < 4.78 is 37.1. The molecular weight excluding hydrogens is 434 g/mol. The maximum absolute atomic E-state index is 13.9. The van der Waals surface area contributed by atoms with Crippen LogP contribution >= 0.6 is 15.9 Å². The number of imidazole rings is 1. The lowest BCUT2D eigenvalue weighted by molar-refractivity contribution is 0.0601. The smallest absolute Gasteiger partial charge is 0.337 e. The second kappa shape index (κ2) is 9.25. The van der Waals surface area contributed by atoms with Gasteiger partial charge in [0.05, 0.1) is 28.2 Å². The molecule has 0 radical (unpaired) electrons. The lowest BCUT2D eigenvalue weighted by Gasteiger charge is -2.02. The van der Waals surface area contributed by atoms with Crippen LogP contribution in [-0.4, -0.2) is 36.3 Å². The molecule has 0 atom stereocenters. The average Bonchev–Trinajstić information content (AvgIpc) is 3.37. The largest absolute Gasteiger partial charge is 0.465 e. The molecule has 148 valence electrons. The summed E-state index contributed by atoms with van der Waals surface area (Å²) in [7, 11) is 1.30. The fourth-order valence-corrected chi connectivity index (χ4v) is 3.10. The normalized spacial score (nSPS) is 13.3. The first-order valence-corrected chi connectivity index (χ1v) is 9.55. The zero-order valence-corrected chi connectivity index (χ0v) is 16.8. The van der Waals surface area contributed by atoms with Crippen LogP contribution < -0.4 is 0 Å². The van der Waals surface area contributed by atoms with Crippen LogP contribution in [0.1, 0.15) is 34.6 Å². The summed E-state index contributed by atoms with van der Waals surface area (Å²) in [4.78, 5) is 18.8. The zero-order valence-electron chi connectivity index (χ0n) is 15.2. The molecule has 2 heterocycles. The summed E-state index contributed by atoms with van der Waals surface area (Å²) in [6, 6.07) is 7.09. The molecule has 8 heteroatoms. The van der Waals surface area contributed by atoms with Gasteiger partial charge in [-0.2, -0.15) is 0 Å². The van der Waals surface area contributed by atoms with E-state index >= 15 is 0 Å².